The smallest absolute Gasteiger partial charge is 0.220 e. The lowest BCUT2D eigenvalue weighted by molar-refractivity contribution is -0.123. The second-order valence-corrected chi connectivity index (χ2v) is 25.0. The van der Waals surface area contributed by atoms with Gasteiger partial charge < -0.3 is 15.5 Å². The molecule has 0 aliphatic heterocycles. The Morgan fingerprint density at radius 2 is 0.487 bits per heavy atom. The number of carbonyl (C=O) groups is 1. The van der Waals surface area contributed by atoms with Gasteiger partial charge >= 0.3 is 0 Å². The number of unbranched alkanes of at least 4 members (excludes halogenated alkanes) is 61. The van der Waals surface area contributed by atoms with Gasteiger partial charge in [0.25, 0.3) is 0 Å². The fraction of sp³-hybridized carbons (Fsp3) is 0.958. The fourth-order valence-corrected chi connectivity index (χ4v) is 11.8. The number of aliphatic hydroxyl groups excluding tert-OH is 2. The molecule has 0 saturated heterocycles. The third-order valence-corrected chi connectivity index (χ3v) is 17.3. The molecule has 76 heavy (non-hydrogen) atoms. The minimum atomic E-state index is -0.837. The maximum absolute atomic E-state index is 12.5. The molecule has 0 rings (SSSR count). The average molecular weight is 1070 g/mol. The van der Waals surface area contributed by atoms with Crippen molar-refractivity contribution in [2.45, 2.75) is 437 Å². The monoisotopic (exact) mass is 1070 g/mol. The van der Waals surface area contributed by atoms with Crippen LogP contribution >= 0.6 is 0 Å². The lowest BCUT2D eigenvalue weighted by atomic mass is 10.0. The Kier molecular flexibility index (Phi) is 67.6. The zero-order valence-electron chi connectivity index (χ0n) is 52.6. The van der Waals surface area contributed by atoms with Crippen LogP contribution in [0.1, 0.15) is 425 Å². The van der Waals surface area contributed by atoms with Crippen LogP contribution in [0.2, 0.25) is 0 Å². The van der Waals surface area contributed by atoms with Crippen LogP contribution in [0.5, 0.6) is 0 Å². The zero-order chi connectivity index (χ0) is 54.8. The summed E-state index contributed by atoms with van der Waals surface area (Å²) < 4.78 is 0. The van der Waals surface area contributed by atoms with E-state index < -0.39 is 12.1 Å². The fourth-order valence-electron chi connectivity index (χ4n) is 11.8. The minimum Gasteiger partial charge on any atom is -0.394 e. The van der Waals surface area contributed by atoms with Crippen molar-refractivity contribution >= 4 is 5.91 Å². The summed E-state index contributed by atoms with van der Waals surface area (Å²) in [6.07, 6.45) is 91.8. The molecule has 0 bridgehead atoms. The molecule has 4 heteroatoms. The standard InChI is InChI=1S/C72H143NO3/c1-3-5-7-9-11-13-15-17-19-21-23-25-27-29-30-31-32-33-34-35-36-37-38-39-40-41-42-43-44-46-48-50-52-54-56-58-60-62-64-66-68-72(76)73-70(69-74)71(75)67-65-63-61-59-57-55-53-51-49-47-45-28-26-24-22-20-18-16-14-12-10-8-6-4-2/h65,67,70-71,74-75H,3-64,66,68-69H2,1-2H3,(H,73,76)/b67-65+. The summed E-state index contributed by atoms with van der Waals surface area (Å²) in [6, 6.07) is -0.620. The van der Waals surface area contributed by atoms with Crippen LogP contribution < -0.4 is 5.32 Å². The van der Waals surface area contributed by atoms with Crippen LogP contribution in [0.3, 0.4) is 0 Å². The van der Waals surface area contributed by atoms with Gasteiger partial charge in [-0.3, -0.25) is 4.79 Å². The predicted molar refractivity (Wildman–Crippen MR) is 341 cm³/mol. The quantitative estimate of drug-likeness (QED) is 0.0420. The Hall–Kier alpha value is -0.870. The highest BCUT2D eigenvalue weighted by atomic mass is 16.3. The van der Waals surface area contributed by atoms with Gasteiger partial charge in [-0.15, -0.1) is 0 Å². The molecular weight excluding hydrogens is 927 g/mol. The second-order valence-electron chi connectivity index (χ2n) is 25.0. The van der Waals surface area contributed by atoms with Crippen molar-refractivity contribution in [2.24, 2.45) is 0 Å². The van der Waals surface area contributed by atoms with E-state index in [0.717, 1.165) is 25.7 Å². The van der Waals surface area contributed by atoms with Crippen LogP contribution in [-0.4, -0.2) is 34.9 Å². The first-order chi connectivity index (χ1) is 37.7. The van der Waals surface area contributed by atoms with Gasteiger partial charge in [0.2, 0.25) is 5.91 Å². The molecule has 0 fully saturated rings. The van der Waals surface area contributed by atoms with Gasteiger partial charge in [0.15, 0.2) is 0 Å². The molecule has 0 aliphatic carbocycles. The van der Waals surface area contributed by atoms with E-state index in [2.05, 4.69) is 19.2 Å². The molecule has 2 unspecified atom stereocenters. The predicted octanol–water partition coefficient (Wildman–Crippen LogP) is 24.4. The first-order valence-electron chi connectivity index (χ1n) is 35.9. The largest absolute Gasteiger partial charge is 0.394 e. The SMILES string of the molecule is CCCCCCCCCCCCCCCCCCCCCCCC/C=C/C(O)C(CO)NC(=O)CCCCCCCCCCCCCCCCCCCCCCCCCCCCCCCCCCCCCCCCCC. The molecule has 0 aromatic rings. The summed E-state index contributed by atoms with van der Waals surface area (Å²) in [5.74, 6) is -0.0530. The molecular formula is C72H143NO3. The molecule has 0 aliphatic rings. The summed E-state index contributed by atoms with van der Waals surface area (Å²) in [7, 11) is 0. The van der Waals surface area contributed by atoms with E-state index in [9.17, 15) is 15.0 Å². The van der Waals surface area contributed by atoms with Crippen LogP contribution in [0, 0.1) is 0 Å². The van der Waals surface area contributed by atoms with E-state index in [4.69, 9.17) is 0 Å². The van der Waals surface area contributed by atoms with Crippen molar-refractivity contribution in [2.75, 3.05) is 6.61 Å². The van der Waals surface area contributed by atoms with Crippen molar-refractivity contribution in [3.05, 3.63) is 12.2 Å². The first-order valence-corrected chi connectivity index (χ1v) is 35.9. The van der Waals surface area contributed by atoms with Gasteiger partial charge in [-0.05, 0) is 19.3 Å². The highest BCUT2D eigenvalue weighted by molar-refractivity contribution is 5.76. The highest BCUT2D eigenvalue weighted by Gasteiger charge is 2.18. The molecule has 0 radical (unpaired) electrons. The van der Waals surface area contributed by atoms with Crippen molar-refractivity contribution in [1.82, 2.24) is 5.32 Å². The molecule has 1 amide bonds. The summed E-state index contributed by atoms with van der Waals surface area (Å²) in [5.41, 5.74) is 0. The Morgan fingerprint density at radius 1 is 0.303 bits per heavy atom. The van der Waals surface area contributed by atoms with E-state index in [1.807, 2.05) is 6.08 Å². The normalized spacial score (nSPS) is 12.6. The van der Waals surface area contributed by atoms with E-state index in [1.165, 1.54) is 379 Å². The van der Waals surface area contributed by atoms with E-state index in [1.54, 1.807) is 6.08 Å². The molecule has 454 valence electrons. The Labute approximate surface area is 479 Å². The zero-order valence-corrected chi connectivity index (χ0v) is 52.6. The van der Waals surface area contributed by atoms with Crippen LogP contribution in [0.4, 0.5) is 0 Å². The number of nitrogens with one attached hydrogen (secondary N) is 1. The number of aliphatic hydroxyl groups is 2. The average Bonchev–Trinajstić information content (AvgIpc) is 3.42. The van der Waals surface area contributed by atoms with Gasteiger partial charge in [0.05, 0.1) is 18.8 Å². The molecule has 3 N–H and O–H groups in total. The van der Waals surface area contributed by atoms with Gasteiger partial charge in [-0.2, -0.15) is 0 Å². The number of carbonyl (C=O) groups excluding carboxylic acids is 1. The van der Waals surface area contributed by atoms with Crippen LogP contribution in [0.25, 0.3) is 0 Å². The van der Waals surface area contributed by atoms with Crippen molar-refractivity contribution < 1.29 is 15.0 Å². The molecule has 0 saturated carbocycles. The third kappa shape index (κ3) is 64.0. The van der Waals surface area contributed by atoms with Gasteiger partial charge in [0.1, 0.15) is 0 Å². The second kappa shape index (κ2) is 68.4. The van der Waals surface area contributed by atoms with Crippen molar-refractivity contribution in [3.8, 4) is 0 Å². The number of hydrogen-bond donors (Lipinski definition) is 3. The van der Waals surface area contributed by atoms with Gasteiger partial charge in [-0.25, -0.2) is 0 Å². The summed E-state index contributed by atoms with van der Waals surface area (Å²) >= 11 is 0. The molecule has 4 nitrogen and oxygen atoms in total. The van der Waals surface area contributed by atoms with Gasteiger partial charge in [0, 0.05) is 6.42 Å². The van der Waals surface area contributed by atoms with Crippen LogP contribution in [0.15, 0.2) is 12.2 Å². The lowest BCUT2D eigenvalue weighted by Crippen LogP contribution is -2.45. The highest BCUT2D eigenvalue weighted by Crippen LogP contribution is 2.20. The van der Waals surface area contributed by atoms with Crippen molar-refractivity contribution in [3.63, 3.8) is 0 Å². The molecule has 0 aromatic carbocycles. The number of hydrogen-bond acceptors (Lipinski definition) is 3. The van der Waals surface area contributed by atoms with Gasteiger partial charge in [-0.1, -0.05) is 411 Å². The molecule has 2 atom stereocenters. The summed E-state index contributed by atoms with van der Waals surface area (Å²) in [4.78, 5) is 12.5. The molecule has 0 aromatic heterocycles. The maximum Gasteiger partial charge on any atom is 0.220 e. The minimum absolute atomic E-state index is 0.0530. The summed E-state index contributed by atoms with van der Waals surface area (Å²) in [6.45, 7) is 4.37. The number of amides is 1. The third-order valence-electron chi connectivity index (χ3n) is 17.3. The lowest BCUT2D eigenvalue weighted by Gasteiger charge is -2.20. The maximum atomic E-state index is 12.5. The topological polar surface area (TPSA) is 69.6 Å². The summed E-state index contributed by atoms with van der Waals surface area (Å²) in [5, 5.41) is 23.3. The van der Waals surface area contributed by atoms with Crippen molar-refractivity contribution in [1.29, 1.82) is 0 Å². The Morgan fingerprint density at radius 3 is 0.684 bits per heavy atom. The number of rotatable bonds is 68. The van der Waals surface area contributed by atoms with Crippen LogP contribution in [-0.2, 0) is 4.79 Å². The molecule has 0 heterocycles. The Balaban J connectivity index is 3.36. The number of allylic oxidation sites excluding steroid dienone is 1. The molecule has 0 spiro atoms. The van der Waals surface area contributed by atoms with E-state index >= 15 is 0 Å². The Bertz CT molecular complexity index is 1080. The van der Waals surface area contributed by atoms with E-state index in [-0.39, 0.29) is 12.5 Å². The van der Waals surface area contributed by atoms with E-state index in [0.29, 0.717) is 6.42 Å². The first kappa shape index (κ1) is 75.1.